The second-order valence-corrected chi connectivity index (χ2v) is 3.61. The van der Waals surface area contributed by atoms with Crippen LogP contribution in [0.5, 0.6) is 0 Å². The number of hydrogen-bond acceptors (Lipinski definition) is 4. The number of thiol groups is 1. The van der Waals surface area contributed by atoms with Crippen molar-refractivity contribution in [1.29, 1.82) is 0 Å². The minimum Gasteiger partial charge on any atom is -0.755 e. The van der Waals surface area contributed by atoms with E-state index < -0.39 is 17.3 Å². The molecule has 15 heavy (non-hydrogen) atoms. The van der Waals surface area contributed by atoms with Crippen LogP contribution in [0.1, 0.15) is 0 Å². The molecule has 8 heteroatoms. The molecule has 1 atom stereocenters. The number of carbonyl (C=O) groups is 1. The Bertz CT molecular complexity index is 382. The fraction of sp³-hybridized carbons (Fsp3) is 0. The van der Waals surface area contributed by atoms with Crippen molar-refractivity contribution in [2.24, 2.45) is 5.73 Å². The Morgan fingerprint density at radius 1 is 1.47 bits per heavy atom. The summed E-state index contributed by atoms with van der Waals surface area (Å²) in [5.74, 6) is 0. The number of urea groups is 1. The summed E-state index contributed by atoms with van der Waals surface area (Å²) in [6, 6.07) is 5.26. The normalized spacial score (nSPS) is 11.9. The van der Waals surface area contributed by atoms with Crippen LogP contribution in [-0.4, -0.2) is 14.8 Å². The fourth-order valence-electron chi connectivity index (χ4n) is 0.894. The fourth-order valence-corrected chi connectivity index (χ4v) is 1.36. The summed E-state index contributed by atoms with van der Waals surface area (Å²) in [5.41, 5.74) is 5.82. The van der Waals surface area contributed by atoms with Gasteiger partial charge in [-0.05, 0) is 24.3 Å². The van der Waals surface area contributed by atoms with E-state index in [-0.39, 0.29) is 0 Å². The van der Waals surface area contributed by atoms with Crippen LogP contribution in [-0.2, 0) is 11.3 Å². The van der Waals surface area contributed by atoms with Crippen LogP contribution in [0.15, 0.2) is 24.3 Å². The van der Waals surface area contributed by atoms with E-state index in [4.69, 9.17) is 5.73 Å². The number of primary amides is 1. The van der Waals surface area contributed by atoms with Gasteiger partial charge in [0.1, 0.15) is 0 Å². The molecule has 0 aliphatic heterocycles. The van der Waals surface area contributed by atoms with Crippen molar-refractivity contribution >= 4 is 41.5 Å². The summed E-state index contributed by atoms with van der Waals surface area (Å²) in [7, 11) is 0. The van der Waals surface area contributed by atoms with Crippen LogP contribution < -0.4 is 14.8 Å². The lowest BCUT2D eigenvalue weighted by Gasteiger charge is -2.13. The van der Waals surface area contributed by atoms with E-state index in [1.54, 1.807) is 0 Å². The quantitative estimate of drug-likeness (QED) is 0.538. The zero-order chi connectivity index (χ0) is 11.4. The first-order valence-corrected chi connectivity index (χ1v) is 5.22. The van der Waals surface area contributed by atoms with Gasteiger partial charge in [0.05, 0.1) is 5.69 Å². The summed E-state index contributed by atoms with van der Waals surface area (Å²) < 4.78 is 23.7. The average Bonchev–Trinajstić information content (AvgIpc) is 2.17. The summed E-state index contributed by atoms with van der Waals surface area (Å²) in [6.45, 7) is 0. The molecule has 0 fully saturated rings. The second kappa shape index (κ2) is 5.01. The van der Waals surface area contributed by atoms with Gasteiger partial charge in [-0.3, -0.25) is 4.21 Å². The van der Waals surface area contributed by atoms with Gasteiger partial charge in [-0.1, -0.05) is 12.8 Å². The summed E-state index contributed by atoms with van der Waals surface area (Å²) in [4.78, 5) is 10.7. The van der Waals surface area contributed by atoms with Gasteiger partial charge in [0.15, 0.2) is 0 Å². The number of carbonyl (C=O) groups excluding carboxylic acids is 1. The third-order valence-corrected chi connectivity index (χ3v) is 2.35. The molecule has 1 aromatic carbocycles. The third-order valence-electron chi connectivity index (χ3n) is 1.52. The van der Waals surface area contributed by atoms with Crippen molar-refractivity contribution in [2.75, 3.05) is 9.03 Å². The zero-order valence-electron chi connectivity index (χ0n) is 7.41. The molecule has 0 saturated carbocycles. The largest absolute Gasteiger partial charge is 0.755 e. The van der Waals surface area contributed by atoms with Crippen molar-refractivity contribution in [1.82, 2.24) is 0 Å². The highest BCUT2D eigenvalue weighted by Crippen LogP contribution is 2.19. The summed E-state index contributed by atoms with van der Waals surface area (Å²) >= 11 is 1.47. The highest BCUT2D eigenvalue weighted by molar-refractivity contribution is 7.82. The molecule has 0 aliphatic carbocycles. The van der Waals surface area contributed by atoms with Gasteiger partial charge in [-0.25, -0.2) is 9.10 Å². The standard InChI is InChI=1S/C7H9N3O3S2/c8-7(11)10(14)6-3-1-5(2-4-6)9-15(12)13/h1-4,9,14H,(H2,8,11)(H,12,13)/p-1. The number of rotatable bonds is 3. The molecule has 0 heterocycles. The Labute approximate surface area is 94.4 Å². The van der Waals surface area contributed by atoms with Crippen molar-refractivity contribution in [3.8, 4) is 0 Å². The van der Waals surface area contributed by atoms with Crippen molar-refractivity contribution in [3.05, 3.63) is 24.3 Å². The van der Waals surface area contributed by atoms with Crippen LogP contribution in [0.3, 0.4) is 0 Å². The van der Waals surface area contributed by atoms with E-state index in [2.05, 4.69) is 17.5 Å². The predicted molar refractivity (Wildman–Crippen MR) is 60.0 cm³/mol. The van der Waals surface area contributed by atoms with E-state index >= 15 is 0 Å². The van der Waals surface area contributed by atoms with Crippen LogP contribution in [0.4, 0.5) is 16.2 Å². The Morgan fingerprint density at radius 3 is 2.40 bits per heavy atom. The molecule has 0 radical (unpaired) electrons. The van der Waals surface area contributed by atoms with E-state index in [1.165, 1.54) is 24.3 Å². The van der Waals surface area contributed by atoms with E-state index in [9.17, 15) is 13.6 Å². The number of anilines is 2. The highest BCUT2D eigenvalue weighted by Gasteiger charge is 2.06. The summed E-state index contributed by atoms with van der Waals surface area (Å²) in [6.07, 6.45) is 0. The average molecular weight is 246 g/mol. The van der Waals surface area contributed by atoms with E-state index in [0.29, 0.717) is 11.4 Å². The lowest BCUT2D eigenvalue weighted by Crippen LogP contribution is -2.27. The van der Waals surface area contributed by atoms with Gasteiger partial charge < -0.3 is 15.0 Å². The molecule has 0 spiro atoms. The Morgan fingerprint density at radius 2 is 2.00 bits per heavy atom. The number of benzene rings is 1. The molecule has 0 aliphatic rings. The lowest BCUT2D eigenvalue weighted by atomic mass is 10.3. The Kier molecular flexibility index (Phi) is 3.95. The number of nitrogens with two attached hydrogens (primary N) is 1. The molecule has 82 valence electrons. The molecule has 0 bridgehead atoms. The topological polar surface area (TPSA) is 98.5 Å². The molecular formula is C7H8N3O3S2-. The predicted octanol–water partition coefficient (Wildman–Crippen LogP) is 0.623. The van der Waals surface area contributed by atoms with Gasteiger partial charge in [-0.2, -0.15) is 0 Å². The van der Waals surface area contributed by atoms with Gasteiger partial charge in [0, 0.05) is 17.0 Å². The maximum absolute atomic E-state index is 10.7. The maximum Gasteiger partial charge on any atom is 0.329 e. The maximum atomic E-state index is 10.7. The Hall–Kier alpha value is -1.25. The second-order valence-electron chi connectivity index (χ2n) is 2.53. The third kappa shape index (κ3) is 3.42. The first kappa shape index (κ1) is 11.8. The SMILES string of the molecule is NC(=O)N(S)c1ccc(NS(=O)[O-])cc1. The van der Waals surface area contributed by atoms with E-state index in [1.807, 2.05) is 0 Å². The van der Waals surface area contributed by atoms with Crippen LogP contribution in [0, 0.1) is 0 Å². The number of nitrogens with zero attached hydrogens (tertiary/aromatic N) is 1. The lowest BCUT2D eigenvalue weighted by molar-refractivity contribution is 0.257. The van der Waals surface area contributed by atoms with Crippen molar-refractivity contribution in [2.45, 2.75) is 0 Å². The molecule has 1 aromatic rings. The molecular weight excluding hydrogens is 238 g/mol. The number of hydrogen-bond donors (Lipinski definition) is 3. The molecule has 0 saturated heterocycles. The molecule has 6 nitrogen and oxygen atoms in total. The minimum absolute atomic E-state index is 0.387. The molecule has 3 N–H and O–H groups in total. The van der Waals surface area contributed by atoms with Gasteiger partial charge in [-0.15, -0.1) is 0 Å². The first-order valence-electron chi connectivity index (χ1n) is 3.75. The highest BCUT2D eigenvalue weighted by atomic mass is 32.2. The van der Waals surface area contributed by atoms with E-state index in [0.717, 1.165) is 4.31 Å². The van der Waals surface area contributed by atoms with Crippen molar-refractivity contribution in [3.63, 3.8) is 0 Å². The zero-order valence-corrected chi connectivity index (χ0v) is 9.13. The minimum atomic E-state index is -2.37. The molecule has 1 unspecified atom stereocenters. The van der Waals surface area contributed by atoms with Crippen LogP contribution >= 0.6 is 12.8 Å². The smallest absolute Gasteiger partial charge is 0.329 e. The van der Waals surface area contributed by atoms with Crippen LogP contribution in [0.25, 0.3) is 0 Å². The summed E-state index contributed by atoms with van der Waals surface area (Å²) in [5, 5.41) is 0. The Balaban J connectivity index is 2.80. The monoisotopic (exact) mass is 246 g/mol. The van der Waals surface area contributed by atoms with Crippen LogP contribution in [0.2, 0.25) is 0 Å². The molecule has 1 rings (SSSR count). The van der Waals surface area contributed by atoms with Gasteiger partial charge in [0.2, 0.25) is 0 Å². The first-order chi connectivity index (χ1) is 7.00. The number of amides is 2. The van der Waals surface area contributed by atoms with Gasteiger partial charge >= 0.3 is 6.03 Å². The van der Waals surface area contributed by atoms with Crippen molar-refractivity contribution < 1.29 is 13.6 Å². The molecule has 0 aromatic heterocycles. The number of nitrogens with one attached hydrogen (secondary N) is 1. The molecule has 2 amide bonds. The van der Waals surface area contributed by atoms with Gasteiger partial charge in [0.25, 0.3) is 0 Å².